The van der Waals surface area contributed by atoms with E-state index in [0.29, 0.717) is 10.7 Å². The zero-order chi connectivity index (χ0) is 11.5. The van der Waals surface area contributed by atoms with Crippen molar-refractivity contribution in [3.63, 3.8) is 0 Å². The van der Waals surface area contributed by atoms with Gasteiger partial charge in [0.15, 0.2) is 0 Å². The predicted molar refractivity (Wildman–Crippen MR) is 65.9 cm³/mol. The van der Waals surface area contributed by atoms with Gasteiger partial charge in [-0.3, -0.25) is 4.21 Å². The molecular weight excluding hydrogens is 249 g/mol. The zero-order valence-electron chi connectivity index (χ0n) is 8.71. The smallest absolute Gasteiger partial charge is 0.126 e. The molecule has 0 aliphatic carbocycles. The van der Waals surface area contributed by atoms with Crippen molar-refractivity contribution in [2.75, 3.05) is 16.8 Å². The number of hydrogen-bond donors (Lipinski definition) is 1. The molecular formula is C11H13ClFNOS. The van der Waals surface area contributed by atoms with Crippen molar-refractivity contribution in [2.45, 2.75) is 18.9 Å². The highest BCUT2D eigenvalue weighted by atomic mass is 35.5. The Hall–Kier alpha value is -0.610. The lowest BCUT2D eigenvalue weighted by Crippen LogP contribution is -2.29. The van der Waals surface area contributed by atoms with Crippen LogP contribution in [0.1, 0.15) is 12.8 Å². The average molecular weight is 262 g/mol. The van der Waals surface area contributed by atoms with E-state index in [0.717, 1.165) is 24.3 Å². The average Bonchev–Trinajstić information content (AvgIpc) is 2.20. The van der Waals surface area contributed by atoms with E-state index in [1.807, 2.05) is 0 Å². The molecule has 1 heterocycles. The summed E-state index contributed by atoms with van der Waals surface area (Å²) in [5.41, 5.74) is 0.697. The first-order valence-corrected chi connectivity index (χ1v) is 7.08. The van der Waals surface area contributed by atoms with Gasteiger partial charge in [0.1, 0.15) is 5.82 Å². The van der Waals surface area contributed by atoms with Crippen LogP contribution in [0.4, 0.5) is 10.1 Å². The highest BCUT2D eigenvalue weighted by Gasteiger charge is 2.17. The Kier molecular flexibility index (Phi) is 3.82. The summed E-state index contributed by atoms with van der Waals surface area (Å²) in [6, 6.07) is 4.69. The van der Waals surface area contributed by atoms with Crippen LogP contribution in [0.3, 0.4) is 0 Å². The second-order valence-electron chi connectivity index (χ2n) is 3.92. The van der Waals surface area contributed by atoms with Crippen molar-refractivity contribution in [1.29, 1.82) is 0 Å². The van der Waals surface area contributed by atoms with Crippen LogP contribution in [0.25, 0.3) is 0 Å². The lowest BCUT2D eigenvalue weighted by Gasteiger charge is -2.23. The van der Waals surface area contributed by atoms with Gasteiger partial charge in [0.05, 0.1) is 0 Å². The van der Waals surface area contributed by atoms with Gasteiger partial charge >= 0.3 is 0 Å². The van der Waals surface area contributed by atoms with Crippen molar-refractivity contribution in [1.82, 2.24) is 0 Å². The van der Waals surface area contributed by atoms with Gasteiger partial charge in [0.25, 0.3) is 0 Å². The van der Waals surface area contributed by atoms with Crippen LogP contribution in [0.5, 0.6) is 0 Å². The van der Waals surface area contributed by atoms with Crippen LogP contribution in [-0.4, -0.2) is 21.8 Å². The Bertz CT molecular complexity index is 383. The molecule has 0 spiro atoms. The first-order chi connectivity index (χ1) is 7.63. The second kappa shape index (κ2) is 5.15. The maximum atomic E-state index is 13.1. The lowest BCUT2D eigenvalue weighted by atomic mass is 10.1. The van der Waals surface area contributed by atoms with Crippen LogP contribution in [-0.2, 0) is 10.8 Å². The summed E-state index contributed by atoms with van der Waals surface area (Å²) >= 11 is 5.76. The minimum atomic E-state index is -0.668. The molecule has 2 rings (SSSR count). The molecule has 0 unspecified atom stereocenters. The predicted octanol–water partition coefficient (Wildman–Crippen LogP) is 2.80. The molecule has 16 heavy (non-hydrogen) atoms. The molecule has 0 aromatic heterocycles. The maximum absolute atomic E-state index is 13.1. The topological polar surface area (TPSA) is 29.1 Å². The largest absolute Gasteiger partial charge is 0.382 e. The quantitative estimate of drug-likeness (QED) is 0.887. The van der Waals surface area contributed by atoms with Gasteiger partial charge in [0.2, 0.25) is 0 Å². The van der Waals surface area contributed by atoms with E-state index in [9.17, 15) is 8.60 Å². The van der Waals surface area contributed by atoms with Gasteiger partial charge in [-0.1, -0.05) is 11.6 Å². The van der Waals surface area contributed by atoms with E-state index in [1.54, 1.807) is 6.07 Å². The Balaban J connectivity index is 2.00. The Morgan fingerprint density at radius 1 is 1.31 bits per heavy atom. The van der Waals surface area contributed by atoms with Crippen molar-refractivity contribution in [3.8, 4) is 0 Å². The molecule has 1 aromatic rings. The molecule has 1 saturated heterocycles. The molecule has 5 heteroatoms. The van der Waals surface area contributed by atoms with Crippen molar-refractivity contribution in [2.24, 2.45) is 0 Å². The highest BCUT2D eigenvalue weighted by Crippen LogP contribution is 2.21. The third kappa shape index (κ3) is 3.19. The summed E-state index contributed by atoms with van der Waals surface area (Å²) in [6.07, 6.45) is 1.72. The van der Waals surface area contributed by atoms with E-state index >= 15 is 0 Å². The second-order valence-corrected chi connectivity index (χ2v) is 6.06. The van der Waals surface area contributed by atoms with E-state index in [4.69, 9.17) is 11.6 Å². The van der Waals surface area contributed by atoms with Gasteiger partial charge in [-0.2, -0.15) is 0 Å². The zero-order valence-corrected chi connectivity index (χ0v) is 10.3. The number of hydrogen-bond acceptors (Lipinski definition) is 2. The summed E-state index contributed by atoms with van der Waals surface area (Å²) in [7, 11) is -0.668. The standard InChI is InChI=1S/C11H13ClFNOS/c12-8-5-9(13)7-11(6-8)14-10-1-3-16(15)4-2-10/h5-7,10,14H,1-4H2. The molecule has 88 valence electrons. The molecule has 1 aromatic carbocycles. The molecule has 1 aliphatic heterocycles. The van der Waals surface area contributed by atoms with Gasteiger partial charge < -0.3 is 5.32 Å². The summed E-state index contributed by atoms with van der Waals surface area (Å²) in [5.74, 6) is 1.11. The van der Waals surface area contributed by atoms with Crippen LogP contribution in [0.2, 0.25) is 5.02 Å². The fourth-order valence-electron chi connectivity index (χ4n) is 1.81. The number of anilines is 1. The molecule has 0 radical (unpaired) electrons. The summed E-state index contributed by atoms with van der Waals surface area (Å²) in [5, 5.41) is 3.61. The van der Waals surface area contributed by atoms with Gasteiger partial charge in [0, 0.05) is 39.1 Å². The molecule has 1 aliphatic rings. The van der Waals surface area contributed by atoms with Gasteiger partial charge in [-0.25, -0.2) is 4.39 Å². The monoisotopic (exact) mass is 261 g/mol. The molecule has 1 N–H and O–H groups in total. The number of rotatable bonds is 2. The van der Waals surface area contributed by atoms with Crippen LogP contribution in [0, 0.1) is 5.82 Å². The third-order valence-electron chi connectivity index (χ3n) is 2.62. The van der Waals surface area contributed by atoms with Crippen molar-refractivity contribution < 1.29 is 8.60 Å². The lowest BCUT2D eigenvalue weighted by molar-refractivity contribution is 0.617. The van der Waals surface area contributed by atoms with E-state index in [1.165, 1.54) is 12.1 Å². The molecule has 1 fully saturated rings. The first kappa shape index (κ1) is 11.9. The SMILES string of the molecule is O=S1CCC(Nc2cc(F)cc(Cl)c2)CC1. The molecule has 0 bridgehead atoms. The van der Waals surface area contributed by atoms with Crippen molar-refractivity contribution in [3.05, 3.63) is 29.0 Å². The third-order valence-corrected chi connectivity index (χ3v) is 4.22. The minimum Gasteiger partial charge on any atom is -0.382 e. The number of nitrogens with one attached hydrogen (secondary N) is 1. The molecule has 0 saturated carbocycles. The molecule has 0 atom stereocenters. The Labute approximate surface area is 102 Å². The van der Waals surface area contributed by atoms with Crippen LogP contribution in [0.15, 0.2) is 18.2 Å². The fourth-order valence-corrected chi connectivity index (χ4v) is 3.33. The first-order valence-electron chi connectivity index (χ1n) is 5.21. The number of benzene rings is 1. The van der Waals surface area contributed by atoms with Gasteiger partial charge in [-0.05, 0) is 31.0 Å². The van der Waals surface area contributed by atoms with Crippen molar-refractivity contribution >= 4 is 28.1 Å². The normalized spacial score (nSPS) is 25.4. The molecule has 0 amide bonds. The highest BCUT2D eigenvalue weighted by molar-refractivity contribution is 7.85. The van der Waals surface area contributed by atoms with Crippen LogP contribution >= 0.6 is 11.6 Å². The summed E-state index contributed by atoms with van der Waals surface area (Å²) in [6.45, 7) is 0. The fraction of sp³-hybridized carbons (Fsp3) is 0.455. The van der Waals surface area contributed by atoms with Gasteiger partial charge in [-0.15, -0.1) is 0 Å². The Morgan fingerprint density at radius 2 is 2.00 bits per heavy atom. The summed E-state index contributed by atoms with van der Waals surface area (Å²) in [4.78, 5) is 0. The van der Waals surface area contributed by atoms with E-state index in [-0.39, 0.29) is 11.9 Å². The van der Waals surface area contributed by atoms with E-state index < -0.39 is 10.8 Å². The van der Waals surface area contributed by atoms with E-state index in [2.05, 4.69) is 5.32 Å². The van der Waals surface area contributed by atoms with Crippen LogP contribution < -0.4 is 5.32 Å². The number of halogens is 2. The minimum absolute atomic E-state index is 0.274. The maximum Gasteiger partial charge on any atom is 0.126 e. The Morgan fingerprint density at radius 3 is 2.62 bits per heavy atom. The molecule has 2 nitrogen and oxygen atoms in total. The summed E-state index contributed by atoms with van der Waals surface area (Å²) < 4.78 is 24.2.